The molecule has 222 valence electrons. The number of morpholine rings is 1. The van der Waals surface area contributed by atoms with E-state index in [-0.39, 0.29) is 10.8 Å². The number of amides is 1. The lowest BCUT2D eigenvalue weighted by molar-refractivity contribution is 0.0376. The van der Waals surface area contributed by atoms with Crippen molar-refractivity contribution in [3.8, 4) is 5.75 Å². The van der Waals surface area contributed by atoms with Crippen LogP contribution in [0.2, 0.25) is 0 Å². The Bertz CT molecular complexity index is 1460. The Morgan fingerprint density at radius 1 is 1.10 bits per heavy atom. The van der Waals surface area contributed by atoms with Crippen molar-refractivity contribution in [1.29, 1.82) is 0 Å². The molecular weight excluding hydrogens is 560 g/mol. The number of hydrogen-bond acceptors (Lipinski definition) is 8. The zero-order valence-electron chi connectivity index (χ0n) is 24.3. The van der Waals surface area contributed by atoms with Gasteiger partial charge < -0.3 is 9.47 Å². The summed E-state index contributed by atoms with van der Waals surface area (Å²) in [5, 5.41) is 0.604. The van der Waals surface area contributed by atoms with E-state index < -0.39 is 10.0 Å². The number of methoxy groups -OCH3 is 1. The molecule has 2 aliphatic rings. The molecule has 11 heteroatoms. The first kappa shape index (κ1) is 29.9. The number of nitrogens with zero attached hydrogens (tertiary/aromatic N) is 4. The predicted molar refractivity (Wildman–Crippen MR) is 163 cm³/mol. The molecule has 2 aromatic carbocycles. The molecule has 3 heterocycles. The summed E-state index contributed by atoms with van der Waals surface area (Å²) in [6, 6.07) is 10.3. The molecule has 2 atom stereocenters. The topological polar surface area (TPSA) is 92.3 Å². The van der Waals surface area contributed by atoms with Gasteiger partial charge in [-0.2, -0.15) is 4.31 Å². The molecule has 2 saturated heterocycles. The third-order valence-electron chi connectivity index (χ3n) is 7.92. The van der Waals surface area contributed by atoms with Crippen LogP contribution in [0.25, 0.3) is 10.2 Å². The largest absolute Gasteiger partial charge is 0.494 e. The summed E-state index contributed by atoms with van der Waals surface area (Å²) in [6.45, 7) is 11.8. The molecule has 1 amide bonds. The predicted octanol–water partition coefficient (Wildman–Crippen LogP) is 4.65. The van der Waals surface area contributed by atoms with E-state index in [1.165, 1.54) is 11.3 Å². The highest BCUT2D eigenvalue weighted by atomic mass is 32.2. The van der Waals surface area contributed by atoms with Gasteiger partial charge in [-0.1, -0.05) is 31.3 Å². The van der Waals surface area contributed by atoms with E-state index in [1.54, 1.807) is 40.6 Å². The lowest BCUT2D eigenvalue weighted by Gasteiger charge is -2.34. The van der Waals surface area contributed by atoms with E-state index in [4.69, 9.17) is 14.5 Å². The van der Waals surface area contributed by atoms with Crippen LogP contribution in [0.4, 0.5) is 5.13 Å². The summed E-state index contributed by atoms with van der Waals surface area (Å²) < 4.78 is 40.4. The van der Waals surface area contributed by atoms with Crippen LogP contribution in [0, 0.1) is 18.8 Å². The molecule has 9 nitrogen and oxygen atoms in total. The molecule has 0 radical (unpaired) electrons. The van der Waals surface area contributed by atoms with E-state index in [0.29, 0.717) is 47.9 Å². The van der Waals surface area contributed by atoms with Crippen LogP contribution >= 0.6 is 11.3 Å². The minimum atomic E-state index is -3.63. The summed E-state index contributed by atoms with van der Waals surface area (Å²) in [5.74, 6) is 1.10. The molecule has 5 rings (SSSR count). The maximum absolute atomic E-state index is 14.0. The molecule has 0 aliphatic carbocycles. The molecule has 2 aliphatic heterocycles. The van der Waals surface area contributed by atoms with Crippen molar-refractivity contribution in [3.05, 3.63) is 47.5 Å². The number of rotatable bonds is 9. The minimum absolute atomic E-state index is 0.202. The maximum Gasteiger partial charge on any atom is 0.260 e. The van der Waals surface area contributed by atoms with Crippen molar-refractivity contribution in [2.24, 2.45) is 11.8 Å². The third kappa shape index (κ3) is 6.59. The van der Waals surface area contributed by atoms with E-state index in [0.717, 1.165) is 61.5 Å². The fourth-order valence-electron chi connectivity index (χ4n) is 5.82. The van der Waals surface area contributed by atoms with Crippen LogP contribution in [-0.2, 0) is 14.8 Å². The summed E-state index contributed by atoms with van der Waals surface area (Å²) in [4.78, 5) is 23.1. The number of piperidine rings is 1. The first-order valence-electron chi connectivity index (χ1n) is 14.3. The zero-order valence-corrected chi connectivity index (χ0v) is 26.0. The second-order valence-electron chi connectivity index (χ2n) is 11.3. The second-order valence-corrected chi connectivity index (χ2v) is 14.2. The highest BCUT2D eigenvalue weighted by molar-refractivity contribution is 7.89. The van der Waals surface area contributed by atoms with Crippen LogP contribution in [0.5, 0.6) is 5.75 Å². The van der Waals surface area contributed by atoms with Crippen molar-refractivity contribution in [2.75, 3.05) is 64.5 Å². The third-order valence-corrected chi connectivity index (χ3v) is 11.0. The lowest BCUT2D eigenvalue weighted by Crippen LogP contribution is -2.42. The fraction of sp³-hybridized carbons (Fsp3) is 0.533. The number of ether oxygens (including phenoxy) is 2. The molecule has 3 aromatic rings. The Morgan fingerprint density at radius 3 is 2.44 bits per heavy atom. The molecule has 0 bridgehead atoms. The first-order valence-corrected chi connectivity index (χ1v) is 16.6. The lowest BCUT2D eigenvalue weighted by atomic mass is 9.94. The van der Waals surface area contributed by atoms with E-state index in [1.807, 2.05) is 19.1 Å². The highest BCUT2D eigenvalue weighted by Gasteiger charge is 2.32. The summed E-state index contributed by atoms with van der Waals surface area (Å²) in [7, 11) is -2.01. The number of anilines is 1. The summed E-state index contributed by atoms with van der Waals surface area (Å²) in [5.41, 5.74) is 2.24. The number of aryl methyl sites for hydroxylation is 1. The van der Waals surface area contributed by atoms with E-state index in [9.17, 15) is 13.2 Å². The number of thiazole rings is 1. The van der Waals surface area contributed by atoms with E-state index >= 15 is 0 Å². The number of benzene rings is 2. The second kappa shape index (κ2) is 12.7. The van der Waals surface area contributed by atoms with Crippen LogP contribution in [0.3, 0.4) is 0 Å². The molecule has 1 aromatic heterocycles. The number of hydrogen-bond donors (Lipinski definition) is 0. The van der Waals surface area contributed by atoms with Crippen molar-refractivity contribution < 1.29 is 22.7 Å². The quantitative estimate of drug-likeness (QED) is 0.353. The van der Waals surface area contributed by atoms with E-state index in [2.05, 4.69) is 18.7 Å². The average molecular weight is 601 g/mol. The molecule has 0 N–H and O–H groups in total. The Kier molecular flexibility index (Phi) is 9.30. The van der Waals surface area contributed by atoms with Gasteiger partial charge in [0.2, 0.25) is 10.0 Å². The van der Waals surface area contributed by atoms with Crippen molar-refractivity contribution in [1.82, 2.24) is 14.2 Å². The first-order chi connectivity index (χ1) is 19.7. The number of fused-ring (bicyclic) bond motifs is 1. The van der Waals surface area contributed by atoms with Gasteiger partial charge in [0.25, 0.3) is 5.91 Å². The van der Waals surface area contributed by atoms with Crippen LogP contribution in [0.15, 0.2) is 41.3 Å². The smallest absolute Gasteiger partial charge is 0.260 e. The van der Waals surface area contributed by atoms with Crippen molar-refractivity contribution in [2.45, 2.75) is 38.5 Å². The summed E-state index contributed by atoms with van der Waals surface area (Å²) in [6.07, 6.45) is 1.80. The normalized spacial score (nSPS) is 20.8. The molecule has 2 fully saturated rings. The Labute approximate surface area is 247 Å². The molecule has 2 unspecified atom stereocenters. The van der Waals surface area contributed by atoms with Crippen LogP contribution < -0.4 is 9.64 Å². The van der Waals surface area contributed by atoms with Gasteiger partial charge in [-0.05, 0) is 67.5 Å². The highest BCUT2D eigenvalue weighted by Crippen LogP contribution is 2.37. The SMILES string of the molecule is COc1ccc(C)c2sc(N(CCCN3CCOCC3)C(=O)c3ccc(S(=O)(=O)N4CC(C)CC(C)C4)cc3)nc12. The molecular formula is C30H40N4O5S2. The van der Waals surface area contributed by atoms with Crippen molar-refractivity contribution in [3.63, 3.8) is 0 Å². The minimum Gasteiger partial charge on any atom is -0.494 e. The Balaban J connectivity index is 1.40. The van der Waals surface area contributed by atoms with Gasteiger partial charge in [0, 0.05) is 44.8 Å². The van der Waals surface area contributed by atoms with Gasteiger partial charge in [-0.25, -0.2) is 13.4 Å². The van der Waals surface area contributed by atoms with Gasteiger partial charge in [-0.3, -0.25) is 14.6 Å². The number of carbonyl (C=O) groups excluding carboxylic acids is 1. The van der Waals surface area contributed by atoms with Gasteiger partial charge >= 0.3 is 0 Å². The fourth-order valence-corrected chi connectivity index (χ4v) is 8.57. The average Bonchev–Trinajstić information content (AvgIpc) is 3.41. The van der Waals surface area contributed by atoms with Gasteiger partial charge in [-0.15, -0.1) is 0 Å². The molecule has 41 heavy (non-hydrogen) atoms. The number of aromatic nitrogens is 1. The number of sulfonamides is 1. The molecule has 0 spiro atoms. The summed E-state index contributed by atoms with van der Waals surface area (Å²) >= 11 is 1.47. The van der Waals surface area contributed by atoms with Crippen LogP contribution in [0.1, 0.15) is 42.6 Å². The number of carbonyl (C=O) groups is 1. The van der Waals surface area contributed by atoms with Crippen LogP contribution in [-0.4, -0.2) is 88.1 Å². The molecule has 0 saturated carbocycles. The van der Waals surface area contributed by atoms with Gasteiger partial charge in [0.1, 0.15) is 11.3 Å². The maximum atomic E-state index is 14.0. The van der Waals surface area contributed by atoms with Crippen molar-refractivity contribution >= 4 is 42.6 Å². The Hall–Kier alpha value is -2.57. The zero-order chi connectivity index (χ0) is 29.1. The monoisotopic (exact) mass is 600 g/mol. The Morgan fingerprint density at radius 2 is 1.78 bits per heavy atom. The van der Waals surface area contributed by atoms with Gasteiger partial charge in [0.05, 0.1) is 29.9 Å². The standard InChI is InChI=1S/C30H40N4O5S2/c1-21-18-22(2)20-33(19-21)41(36,37)25-9-7-24(8-10-25)29(35)34(13-5-12-32-14-16-39-17-15-32)30-31-27-26(38-4)11-6-23(3)28(27)40-30/h6-11,21-22H,5,12-20H2,1-4H3. The van der Waals surface area contributed by atoms with Gasteiger partial charge in [0.15, 0.2) is 5.13 Å².